The van der Waals surface area contributed by atoms with Gasteiger partial charge in [0.25, 0.3) is 5.19 Å². The molecule has 1 aromatic rings. The summed E-state index contributed by atoms with van der Waals surface area (Å²) in [7, 11) is 0. The molecule has 1 aliphatic carbocycles. The summed E-state index contributed by atoms with van der Waals surface area (Å²) in [5.74, 6) is 2.22. The van der Waals surface area contributed by atoms with Crippen LogP contribution in [-0.2, 0) is 6.54 Å². The van der Waals surface area contributed by atoms with Gasteiger partial charge in [0.2, 0.25) is 0 Å². The molecule has 1 aliphatic rings. The van der Waals surface area contributed by atoms with Gasteiger partial charge in [-0.1, -0.05) is 44.1 Å². The molecule has 1 fully saturated rings. The Labute approximate surface area is 126 Å². The van der Waals surface area contributed by atoms with E-state index in [2.05, 4.69) is 43.2 Å². The Kier molecular flexibility index (Phi) is 5.78. The summed E-state index contributed by atoms with van der Waals surface area (Å²) in [6, 6.07) is 0. The van der Waals surface area contributed by atoms with E-state index in [1.165, 1.54) is 6.42 Å². The number of nitrogens with one attached hydrogen (secondary N) is 1. The molecule has 0 saturated heterocycles. The minimum Gasteiger partial charge on any atom is -0.466 e. The molecule has 0 amide bonds. The molecule has 0 aromatic carbocycles. The molecule has 20 heavy (non-hydrogen) atoms. The molecule has 114 valence electrons. The Morgan fingerprint density at radius 1 is 1.25 bits per heavy atom. The fourth-order valence-corrected chi connectivity index (χ4v) is 3.30. The normalized spacial score (nSPS) is 26.9. The molecule has 5 heteroatoms. The lowest BCUT2D eigenvalue weighted by atomic mass is 9.80. The first-order valence-electron chi connectivity index (χ1n) is 7.74. The van der Waals surface area contributed by atoms with E-state index in [4.69, 9.17) is 4.74 Å². The smallest absolute Gasteiger partial charge is 0.294 e. The lowest BCUT2D eigenvalue weighted by Crippen LogP contribution is -2.28. The maximum absolute atomic E-state index is 6.00. The van der Waals surface area contributed by atoms with E-state index in [-0.39, 0.29) is 0 Å². The zero-order valence-corrected chi connectivity index (χ0v) is 13.9. The zero-order valence-electron chi connectivity index (χ0n) is 13.1. The monoisotopic (exact) mass is 297 g/mol. The van der Waals surface area contributed by atoms with Gasteiger partial charge < -0.3 is 10.1 Å². The van der Waals surface area contributed by atoms with Gasteiger partial charge in [-0.25, -0.2) is 0 Å². The van der Waals surface area contributed by atoms with E-state index in [1.807, 2.05) is 0 Å². The highest BCUT2D eigenvalue weighted by atomic mass is 32.1. The molecule has 0 radical (unpaired) electrons. The third kappa shape index (κ3) is 4.70. The average molecular weight is 297 g/mol. The summed E-state index contributed by atoms with van der Waals surface area (Å²) in [5.41, 5.74) is 0. The van der Waals surface area contributed by atoms with E-state index in [9.17, 15) is 0 Å². The highest BCUT2D eigenvalue weighted by Crippen LogP contribution is 2.32. The minimum atomic E-state index is 0.325. The summed E-state index contributed by atoms with van der Waals surface area (Å²) in [5, 5.41) is 13.5. The number of aromatic nitrogens is 2. The molecular formula is C15H27N3OS. The maximum atomic E-state index is 6.00. The number of rotatable bonds is 6. The average Bonchev–Trinajstić information content (AvgIpc) is 2.81. The largest absolute Gasteiger partial charge is 0.466 e. The SMILES string of the molecule is CC(C)CNCc1nnc(OC2CCC(C)C(C)C2)s1. The van der Waals surface area contributed by atoms with Crippen molar-refractivity contribution >= 4 is 11.3 Å². The zero-order chi connectivity index (χ0) is 14.5. The molecule has 0 bridgehead atoms. The molecular weight excluding hydrogens is 270 g/mol. The van der Waals surface area contributed by atoms with Crippen LogP contribution in [0, 0.1) is 17.8 Å². The molecule has 0 spiro atoms. The van der Waals surface area contributed by atoms with Crippen LogP contribution in [0.15, 0.2) is 0 Å². The molecule has 1 saturated carbocycles. The van der Waals surface area contributed by atoms with Crippen LogP contribution < -0.4 is 10.1 Å². The van der Waals surface area contributed by atoms with Crippen molar-refractivity contribution in [2.24, 2.45) is 17.8 Å². The molecule has 3 atom stereocenters. The number of hydrogen-bond donors (Lipinski definition) is 1. The van der Waals surface area contributed by atoms with Crippen molar-refractivity contribution in [3.05, 3.63) is 5.01 Å². The Balaban J connectivity index is 1.78. The second-order valence-corrected chi connectivity index (χ2v) is 7.52. The van der Waals surface area contributed by atoms with Gasteiger partial charge in [-0.2, -0.15) is 0 Å². The summed E-state index contributed by atoms with van der Waals surface area (Å²) in [6.07, 6.45) is 3.87. The highest BCUT2D eigenvalue weighted by Gasteiger charge is 2.26. The van der Waals surface area contributed by atoms with Crippen molar-refractivity contribution in [3.8, 4) is 5.19 Å². The first-order valence-corrected chi connectivity index (χ1v) is 8.56. The first-order chi connectivity index (χ1) is 9.54. The van der Waals surface area contributed by atoms with Crippen LogP contribution in [0.1, 0.15) is 52.0 Å². The van der Waals surface area contributed by atoms with Crippen LogP contribution in [0.4, 0.5) is 0 Å². The lowest BCUT2D eigenvalue weighted by Gasteiger charge is -2.31. The molecule has 3 unspecified atom stereocenters. The number of hydrogen-bond acceptors (Lipinski definition) is 5. The van der Waals surface area contributed by atoms with Gasteiger partial charge in [0.1, 0.15) is 11.1 Å². The summed E-state index contributed by atoms with van der Waals surface area (Å²) in [4.78, 5) is 0. The van der Waals surface area contributed by atoms with Crippen LogP contribution >= 0.6 is 11.3 Å². The van der Waals surface area contributed by atoms with Gasteiger partial charge in [-0.15, -0.1) is 5.10 Å². The van der Waals surface area contributed by atoms with Crippen molar-refractivity contribution in [2.45, 2.75) is 59.6 Å². The van der Waals surface area contributed by atoms with Crippen LogP contribution in [0.25, 0.3) is 0 Å². The van der Waals surface area contributed by atoms with Crippen LogP contribution in [0.2, 0.25) is 0 Å². The number of nitrogens with zero attached hydrogens (tertiary/aromatic N) is 2. The van der Waals surface area contributed by atoms with Gasteiger partial charge in [0.15, 0.2) is 0 Å². The van der Waals surface area contributed by atoms with Gasteiger partial charge >= 0.3 is 0 Å². The predicted molar refractivity (Wildman–Crippen MR) is 83.0 cm³/mol. The summed E-state index contributed by atoms with van der Waals surface area (Å²) >= 11 is 1.57. The van der Waals surface area contributed by atoms with E-state index in [0.717, 1.165) is 48.0 Å². The van der Waals surface area contributed by atoms with E-state index < -0.39 is 0 Å². The molecule has 1 heterocycles. The van der Waals surface area contributed by atoms with Crippen LogP contribution in [0.5, 0.6) is 5.19 Å². The van der Waals surface area contributed by atoms with Crippen LogP contribution in [-0.4, -0.2) is 22.8 Å². The standard InChI is InChI=1S/C15H27N3OS/c1-10(2)8-16-9-14-17-18-15(20-14)19-13-6-5-11(3)12(4)7-13/h10-13,16H,5-9H2,1-4H3. The van der Waals surface area contributed by atoms with E-state index >= 15 is 0 Å². The number of ether oxygens (including phenoxy) is 1. The van der Waals surface area contributed by atoms with Crippen LogP contribution in [0.3, 0.4) is 0 Å². The van der Waals surface area contributed by atoms with Crippen molar-refractivity contribution < 1.29 is 4.74 Å². The lowest BCUT2D eigenvalue weighted by molar-refractivity contribution is 0.0996. The fraction of sp³-hybridized carbons (Fsp3) is 0.867. The Hall–Kier alpha value is -0.680. The Morgan fingerprint density at radius 3 is 2.75 bits per heavy atom. The van der Waals surface area contributed by atoms with Gasteiger partial charge in [-0.05, 0) is 43.6 Å². The molecule has 4 nitrogen and oxygen atoms in total. The predicted octanol–water partition coefficient (Wildman–Crippen LogP) is 3.49. The molecule has 1 N–H and O–H groups in total. The van der Waals surface area contributed by atoms with Crippen molar-refractivity contribution in [3.63, 3.8) is 0 Å². The molecule has 1 aromatic heterocycles. The van der Waals surface area contributed by atoms with E-state index in [1.54, 1.807) is 11.3 Å². The van der Waals surface area contributed by atoms with Crippen molar-refractivity contribution in [1.29, 1.82) is 0 Å². The molecule has 2 rings (SSSR count). The topological polar surface area (TPSA) is 47.0 Å². The van der Waals surface area contributed by atoms with Gasteiger partial charge in [0.05, 0.1) is 0 Å². The maximum Gasteiger partial charge on any atom is 0.294 e. The van der Waals surface area contributed by atoms with E-state index in [0.29, 0.717) is 12.0 Å². The van der Waals surface area contributed by atoms with Gasteiger partial charge in [-0.3, -0.25) is 0 Å². The minimum absolute atomic E-state index is 0.325. The molecule has 0 aliphatic heterocycles. The quantitative estimate of drug-likeness (QED) is 0.873. The summed E-state index contributed by atoms with van der Waals surface area (Å²) in [6.45, 7) is 10.9. The first kappa shape index (κ1) is 15.7. The second kappa shape index (κ2) is 7.36. The third-order valence-electron chi connectivity index (χ3n) is 4.09. The Bertz CT molecular complexity index is 408. The summed E-state index contributed by atoms with van der Waals surface area (Å²) < 4.78 is 6.00. The third-order valence-corrected chi connectivity index (χ3v) is 4.91. The second-order valence-electron chi connectivity index (χ2n) is 6.49. The fourth-order valence-electron chi connectivity index (χ4n) is 2.57. The van der Waals surface area contributed by atoms with Crippen molar-refractivity contribution in [1.82, 2.24) is 15.5 Å². The highest BCUT2D eigenvalue weighted by molar-refractivity contribution is 7.13. The van der Waals surface area contributed by atoms with Crippen molar-refractivity contribution in [2.75, 3.05) is 6.54 Å². The Morgan fingerprint density at radius 2 is 2.05 bits per heavy atom. The van der Waals surface area contributed by atoms with Gasteiger partial charge in [0, 0.05) is 6.54 Å².